The first kappa shape index (κ1) is 16.3. The highest BCUT2D eigenvalue weighted by Crippen LogP contribution is 2.40. The lowest BCUT2D eigenvalue weighted by Crippen LogP contribution is -2.05. The second-order valence-corrected chi connectivity index (χ2v) is 8.94. The van der Waals surface area contributed by atoms with E-state index in [-0.39, 0.29) is 0 Å². The third-order valence-corrected chi connectivity index (χ3v) is 7.15. The summed E-state index contributed by atoms with van der Waals surface area (Å²) in [4.78, 5) is 5.98. The Morgan fingerprint density at radius 3 is 2.92 bits per heavy atom. The van der Waals surface area contributed by atoms with Gasteiger partial charge in [-0.3, -0.25) is 4.57 Å². The fourth-order valence-corrected chi connectivity index (χ4v) is 5.36. The number of hydrogen-bond donors (Lipinski definition) is 0. The molecule has 1 aliphatic carbocycles. The van der Waals surface area contributed by atoms with Crippen molar-refractivity contribution in [1.29, 1.82) is 0 Å². The molecule has 4 aromatic heterocycles. The summed E-state index contributed by atoms with van der Waals surface area (Å²) in [7, 11) is 0. The molecular weight excluding hydrogens is 384 g/mol. The van der Waals surface area contributed by atoms with Gasteiger partial charge in [-0.25, -0.2) is 4.98 Å². The summed E-state index contributed by atoms with van der Waals surface area (Å²) in [6.07, 6.45) is 4.12. The van der Waals surface area contributed by atoms with Gasteiger partial charge in [-0.1, -0.05) is 17.8 Å². The third-order valence-electron chi connectivity index (χ3n) is 4.21. The van der Waals surface area contributed by atoms with Crippen molar-refractivity contribution in [3.8, 4) is 9.88 Å². The minimum atomic E-state index is 0.552. The third kappa shape index (κ3) is 3.36. The van der Waals surface area contributed by atoms with Crippen LogP contribution < -0.4 is 0 Å². The zero-order valence-electron chi connectivity index (χ0n) is 13.9. The molecule has 0 bridgehead atoms. The van der Waals surface area contributed by atoms with Gasteiger partial charge in [0, 0.05) is 17.1 Å². The van der Waals surface area contributed by atoms with Crippen LogP contribution in [0.4, 0.5) is 0 Å². The predicted molar refractivity (Wildman–Crippen MR) is 105 cm³/mol. The Kier molecular flexibility index (Phi) is 4.40. The Morgan fingerprint density at radius 2 is 2.15 bits per heavy atom. The van der Waals surface area contributed by atoms with E-state index in [2.05, 4.69) is 37.7 Å². The Morgan fingerprint density at radius 1 is 1.19 bits per heavy atom. The van der Waals surface area contributed by atoms with Gasteiger partial charge >= 0.3 is 0 Å². The van der Waals surface area contributed by atoms with Gasteiger partial charge in [-0.2, -0.15) is 0 Å². The monoisotopic (exact) mass is 400 g/mol. The molecule has 0 unspecified atom stereocenters. The van der Waals surface area contributed by atoms with Crippen molar-refractivity contribution in [2.24, 2.45) is 0 Å². The number of furan rings is 1. The molecule has 0 saturated heterocycles. The summed E-state index contributed by atoms with van der Waals surface area (Å²) >= 11 is 5.12. The maximum absolute atomic E-state index is 5.53. The maximum atomic E-state index is 5.53. The van der Waals surface area contributed by atoms with Crippen LogP contribution in [0, 0.1) is 0 Å². The number of thiazole rings is 1. The molecule has 26 heavy (non-hydrogen) atoms. The lowest BCUT2D eigenvalue weighted by atomic mass is 10.3. The average molecular weight is 401 g/mol. The van der Waals surface area contributed by atoms with Crippen LogP contribution in [0.2, 0.25) is 0 Å². The molecule has 5 rings (SSSR count). The summed E-state index contributed by atoms with van der Waals surface area (Å²) in [5.74, 6) is 3.36. The zero-order chi connectivity index (χ0) is 17.3. The van der Waals surface area contributed by atoms with Gasteiger partial charge in [0.05, 0.1) is 23.4 Å². The van der Waals surface area contributed by atoms with Crippen LogP contribution in [0.1, 0.15) is 36.0 Å². The molecule has 0 amide bonds. The minimum Gasteiger partial charge on any atom is -0.467 e. The molecule has 5 nitrogen and oxygen atoms in total. The van der Waals surface area contributed by atoms with E-state index in [1.54, 1.807) is 40.7 Å². The van der Waals surface area contributed by atoms with E-state index in [0.29, 0.717) is 12.5 Å². The molecule has 4 heterocycles. The van der Waals surface area contributed by atoms with Gasteiger partial charge < -0.3 is 4.42 Å². The van der Waals surface area contributed by atoms with Crippen LogP contribution in [-0.2, 0) is 12.3 Å². The standard InChI is InChI=1S/C18H16N4OS3/c1-3-14(23-7-1)9-22-16(12-5-6-12)20-21-18(22)26-11-13-10-25-17(19-13)15-4-2-8-24-15/h1-4,7-8,10,12H,5-6,9,11H2. The second-order valence-electron chi connectivity index (χ2n) is 6.19. The van der Waals surface area contributed by atoms with Crippen LogP contribution in [-0.4, -0.2) is 19.7 Å². The minimum absolute atomic E-state index is 0.552. The Labute approximate surface area is 163 Å². The molecule has 0 N–H and O–H groups in total. The molecule has 132 valence electrons. The van der Waals surface area contributed by atoms with E-state index < -0.39 is 0 Å². The van der Waals surface area contributed by atoms with Crippen molar-refractivity contribution < 1.29 is 4.42 Å². The lowest BCUT2D eigenvalue weighted by Gasteiger charge is -2.07. The largest absolute Gasteiger partial charge is 0.467 e. The van der Waals surface area contributed by atoms with Crippen molar-refractivity contribution in [3.05, 3.63) is 58.6 Å². The molecule has 0 spiro atoms. The predicted octanol–water partition coefficient (Wildman–Crippen LogP) is 5.27. The zero-order valence-corrected chi connectivity index (χ0v) is 16.3. The molecule has 0 radical (unpaired) electrons. The van der Waals surface area contributed by atoms with Gasteiger partial charge in [0.15, 0.2) is 5.16 Å². The first-order valence-electron chi connectivity index (χ1n) is 8.43. The van der Waals surface area contributed by atoms with Crippen molar-refractivity contribution in [2.45, 2.75) is 36.2 Å². The number of aromatic nitrogens is 4. The highest BCUT2D eigenvalue weighted by molar-refractivity contribution is 7.98. The first-order valence-corrected chi connectivity index (χ1v) is 11.2. The summed E-state index contributed by atoms with van der Waals surface area (Å²) < 4.78 is 7.73. The van der Waals surface area contributed by atoms with Crippen LogP contribution in [0.15, 0.2) is 50.9 Å². The van der Waals surface area contributed by atoms with Crippen LogP contribution in [0.25, 0.3) is 9.88 Å². The molecule has 0 aliphatic heterocycles. The number of hydrogen-bond acceptors (Lipinski definition) is 7. The highest BCUT2D eigenvalue weighted by Gasteiger charge is 2.30. The van der Waals surface area contributed by atoms with Crippen molar-refractivity contribution in [3.63, 3.8) is 0 Å². The van der Waals surface area contributed by atoms with E-state index in [4.69, 9.17) is 9.40 Å². The fraction of sp³-hybridized carbons (Fsp3) is 0.278. The van der Waals surface area contributed by atoms with E-state index in [0.717, 1.165) is 33.2 Å². The number of thioether (sulfide) groups is 1. The SMILES string of the molecule is c1coc(Cn2c(SCc3csc(-c4cccs4)n3)nnc2C2CC2)c1. The quantitative estimate of drug-likeness (QED) is 0.395. The second kappa shape index (κ2) is 7.02. The van der Waals surface area contributed by atoms with Gasteiger partial charge in [-0.15, -0.1) is 32.9 Å². The van der Waals surface area contributed by atoms with E-state index >= 15 is 0 Å². The normalized spacial score (nSPS) is 14.2. The Bertz CT molecular complexity index is 984. The van der Waals surface area contributed by atoms with Gasteiger partial charge in [0.25, 0.3) is 0 Å². The van der Waals surface area contributed by atoms with Crippen molar-refractivity contribution in [2.75, 3.05) is 0 Å². The summed E-state index contributed by atoms with van der Waals surface area (Å²) in [6, 6.07) is 8.10. The van der Waals surface area contributed by atoms with Crippen LogP contribution in [0.3, 0.4) is 0 Å². The molecule has 4 aromatic rings. The molecular formula is C18H16N4OS3. The fourth-order valence-electron chi connectivity index (χ4n) is 2.78. The Hall–Kier alpha value is -1.90. The Balaban J connectivity index is 1.34. The van der Waals surface area contributed by atoms with E-state index in [9.17, 15) is 0 Å². The number of thiophene rings is 1. The summed E-state index contributed by atoms with van der Waals surface area (Å²) in [6.45, 7) is 0.686. The molecule has 1 aliphatic rings. The summed E-state index contributed by atoms with van der Waals surface area (Å²) in [5, 5.41) is 15.1. The average Bonchev–Trinajstić information content (AvgIpc) is 3.17. The van der Waals surface area contributed by atoms with Crippen LogP contribution in [0.5, 0.6) is 0 Å². The van der Waals surface area contributed by atoms with Gasteiger partial charge in [0.2, 0.25) is 0 Å². The molecule has 0 aromatic carbocycles. The van der Waals surface area contributed by atoms with E-state index in [1.807, 2.05) is 12.1 Å². The highest BCUT2D eigenvalue weighted by atomic mass is 32.2. The number of nitrogens with zero attached hydrogens (tertiary/aromatic N) is 4. The smallest absolute Gasteiger partial charge is 0.192 e. The van der Waals surface area contributed by atoms with Crippen molar-refractivity contribution in [1.82, 2.24) is 19.7 Å². The van der Waals surface area contributed by atoms with Crippen molar-refractivity contribution >= 4 is 34.4 Å². The molecule has 0 atom stereocenters. The van der Waals surface area contributed by atoms with Gasteiger partial charge in [-0.05, 0) is 36.4 Å². The molecule has 1 fully saturated rings. The number of rotatable bonds is 7. The first-order chi connectivity index (χ1) is 12.9. The molecule has 1 saturated carbocycles. The lowest BCUT2D eigenvalue weighted by molar-refractivity contribution is 0.478. The topological polar surface area (TPSA) is 56.7 Å². The van der Waals surface area contributed by atoms with E-state index in [1.165, 1.54) is 17.7 Å². The molecule has 8 heteroatoms. The summed E-state index contributed by atoms with van der Waals surface area (Å²) in [5.41, 5.74) is 1.09. The van der Waals surface area contributed by atoms with Crippen LogP contribution >= 0.6 is 34.4 Å². The van der Waals surface area contributed by atoms with Gasteiger partial charge in [0.1, 0.15) is 16.6 Å². The maximum Gasteiger partial charge on any atom is 0.192 e.